The smallest absolute Gasteiger partial charge is 0.326 e. The van der Waals surface area contributed by atoms with Crippen LogP contribution in [0.1, 0.15) is 32.9 Å². The van der Waals surface area contributed by atoms with Crippen molar-refractivity contribution in [2.24, 2.45) is 0 Å². The molecule has 5 rings (SSSR count). The third-order valence-electron chi connectivity index (χ3n) is 6.37. The lowest BCUT2D eigenvalue weighted by Gasteiger charge is -2.27. The van der Waals surface area contributed by atoms with E-state index in [2.05, 4.69) is 20.3 Å². The number of benzene rings is 2. The minimum absolute atomic E-state index is 0.0811. The normalized spacial score (nSPS) is 13.9. The van der Waals surface area contributed by atoms with Gasteiger partial charge in [0.25, 0.3) is 5.91 Å². The predicted octanol–water partition coefficient (Wildman–Crippen LogP) is 2.44. The Kier molecular flexibility index (Phi) is 6.05. The van der Waals surface area contributed by atoms with E-state index in [1.54, 1.807) is 12.1 Å². The fourth-order valence-electron chi connectivity index (χ4n) is 4.53. The topological polar surface area (TPSA) is 131 Å². The van der Waals surface area contributed by atoms with Gasteiger partial charge in [0, 0.05) is 47.0 Å². The summed E-state index contributed by atoms with van der Waals surface area (Å²) in [5, 5.41) is 13.1. The predicted molar refractivity (Wildman–Crippen MR) is 129 cm³/mol. The Morgan fingerprint density at radius 2 is 1.97 bits per heavy atom. The molecule has 2 aromatic heterocycles. The molecule has 4 N–H and O–H groups in total. The summed E-state index contributed by atoms with van der Waals surface area (Å²) in [6, 6.07) is 13.9. The summed E-state index contributed by atoms with van der Waals surface area (Å²) >= 11 is 0. The van der Waals surface area contributed by atoms with Crippen LogP contribution < -0.4 is 5.32 Å². The summed E-state index contributed by atoms with van der Waals surface area (Å²) in [5.41, 5.74) is 4.94. The van der Waals surface area contributed by atoms with Crippen molar-refractivity contribution in [3.8, 4) is 0 Å². The van der Waals surface area contributed by atoms with Crippen molar-refractivity contribution in [1.82, 2.24) is 25.2 Å². The van der Waals surface area contributed by atoms with E-state index in [1.807, 2.05) is 41.3 Å². The van der Waals surface area contributed by atoms with E-state index in [4.69, 9.17) is 0 Å². The van der Waals surface area contributed by atoms with Gasteiger partial charge in [0.1, 0.15) is 6.04 Å². The Labute approximate surface area is 201 Å². The third kappa shape index (κ3) is 4.79. The molecule has 0 radical (unpaired) electrons. The molecule has 1 unspecified atom stereocenters. The van der Waals surface area contributed by atoms with Crippen molar-refractivity contribution in [3.63, 3.8) is 0 Å². The molecule has 2 amide bonds. The number of nitrogens with one attached hydrogen (secondary N) is 3. The number of carboxylic acid groups (broad SMARTS) is 1. The number of aromatic amines is 2. The summed E-state index contributed by atoms with van der Waals surface area (Å²) in [5.74, 6) is -1.49. The first-order chi connectivity index (χ1) is 17.0. The number of carboxylic acids is 1. The Bertz CT molecular complexity index is 1380. The highest BCUT2D eigenvalue weighted by molar-refractivity contribution is 6.00. The van der Waals surface area contributed by atoms with Crippen molar-refractivity contribution >= 4 is 28.7 Å². The molecule has 0 saturated heterocycles. The van der Waals surface area contributed by atoms with E-state index in [1.165, 1.54) is 12.5 Å². The number of carbonyl (C=O) groups is 3. The molecule has 35 heavy (non-hydrogen) atoms. The van der Waals surface area contributed by atoms with Gasteiger partial charge in [0.05, 0.1) is 19.3 Å². The molecule has 1 atom stereocenters. The third-order valence-corrected chi connectivity index (χ3v) is 6.37. The number of amides is 2. The molecule has 0 bridgehead atoms. The van der Waals surface area contributed by atoms with Crippen LogP contribution in [0, 0.1) is 0 Å². The van der Waals surface area contributed by atoms with E-state index < -0.39 is 17.9 Å². The molecule has 3 heterocycles. The van der Waals surface area contributed by atoms with Crippen LogP contribution >= 0.6 is 0 Å². The summed E-state index contributed by atoms with van der Waals surface area (Å²) in [6.07, 6.45) is 4.15. The molecule has 9 nitrogen and oxygen atoms in total. The maximum Gasteiger partial charge on any atom is 0.326 e. The van der Waals surface area contributed by atoms with Crippen molar-refractivity contribution in [1.29, 1.82) is 0 Å². The largest absolute Gasteiger partial charge is 0.480 e. The van der Waals surface area contributed by atoms with Crippen LogP contribution in [0.15, 0.2) is 61.1 Å². The summed E-state index contributed by atoms with van der Waals surface area (Å²) < 4.78 is 0. The number of nitrogens with zero attached hydrogens (tertiary/aromatic N) is 2. The van der Waals surface area contributed by atoms with Crippen LogP contribution in [0.5, 0.6) is 0 Å². The fraction of sp³-hybridized carbons (Fsp3) is 0.231. The molecule has 0 aliphatic carbocycles. The van der Waals surface area contributed by atoms with E-state index in [0.29, 0.717) is 37.2 Å². The van der Waals surface area contributed by atoms with E-state index in [9.17, 15) is 19.5 Å². The Morgan fingerprint density at radius 3 is 2.71 bits per heavy atom. The number of aromatic nitrogens is 3. The number of carbonyl (C=O) groups excluding carboxylic acids is 2. The van der Waals surface area contributed by atoms with Crippen LogP contribution in [0.3, 0.4) is 0 Å². The second-order valence-electron chi connectivity index (χ2n) is 8.72. The zero-order valence-electron chi connectivity index (χ0n) is 19.0. The zero-order chi connectivity index (χ0) is 24.4. The standard InChI is InChI=1S/C26H25N5O4/c32-24(10-16-4-2-1-3-5-16)31-9-8-19-20-11-17(6-7-21(20)29-23(19)14-31)25(33)30-22(26(34)35)12-18-13-27-15-28-18/h1-7,11,13,15,22,29H,8-10,12,14H2,(H,27,28)(H,30,33)(H,34,35). The second kappa shape index (κ2) is 9.46. The number of hydrogen-bond acceptors (Lipinski definition) is 4. The van der Waals surface area contributed by atoms with Gasteiger partial charge in [-0.2, -0.15) is 0 Å². The van der Waals surface area contributed by atoms with E-state index in [-0.39, 0.29) is 12.3 Å². The number of hydrogen-bond donors (Lipinski definition) is 4. The highest BCUT2D eigenvalue weighted by atomic mass is 16.4. The molecule has 2 aromatic carbocycles. The molecule has 1 aliphatic heterocycles. The van der Waals surface area contributed by atoms with Gasteiger partial charge in [-0.25, -0.2) is 9.78 Å². The van der Waals surface area contributed by atoms with Gasteiger partial charge in [-0.1, -0.05) is 30.3 Å². The minimum Gasteiger partial charge on any atom is -0.480 e. The van der Waals surface area contributed by atoms with Gasteiger partial charge in [0.2, 0.25) is 5.91 Å². The Hall–Kier alpha value is -4.40. The van der Waals surface area contributed by atoms with E-state index >= 15 is 0 Å². The molecular formula is C26H25N5O4. The first-order valence-corrected chi connectivity index (χ1v) is 11.4. The van der Waals surface area contributed by atoms with Crippen LogP contribution in [-0.2, 0) is 35.4 Å². The van der Waals surface area contributed by atoms with Crippen molar-refractivity contribution < 1.29 is 19.5 Å². The maximum absolute atomic E-state index is 12.9. The van der Waals surface area contributed by atoms with Gasteiger partial charge in [0.15, 0.2) is 0 Å². The fourth-order valence-corrected chi connectivity index (χ4v) is 4.53. The lowest BCUT2D eigenvalue weighted by atomic mass is 10.0. The van der Waals surface area contributed by atoms with Crippen molar-refractivity contribution in [3.05, 3.63) is 89.1 Å². The molecular weight excluding hydrogens is 446 g/mol. The maximum atomic E-state index is 12.9. The summed E-state index contributed by atoms with van der Waals surface area (Å²) in [6.45, 7) is 1.09. The Balaban J connectivity index is 1.31. The SMILES string of the molecule is O=C(NC(Cc1cnc[nH]1)C(=O)O)c1ccc2[nH]c3c(c2c1)CCN(C(=O)Cc1ccccc1)C3. The molecule has 1 aliphatic rings. The van der Waals surface area contributed by atoms with Crippen molar-refractivity contribution in [2.45, 2.75) is 31.8 Å². The average molecular weight is 472 g/mol. The van der Waals surface area contributed by atoms with Crippen molar-refractivity contribution in [2.75, 3.05) is 6.54 Å². The lowest BCUT2D eigenvalue weighted by Crippen LogP contribution is -2.42. The molecule has 9 heteroatoms. The molecule has 0 spiro atoms. The average Bonchev–Trinajstić information content (AvgIpc) is 3.50. The van der Waals surface area contributed by atoms with Gasteiger partial charge < -0.3 is 25.3 Å². The quantitative estimate of drug-likeness (QED) is 0.329. The van der Waals surface area contributed by atoms with Crippen LogP contribution in [0.2, 0.25) is 0 Å². The number of imidazole rings is 1. The monoisotopic (exact) mass is 471 g/mol. The lowest BCUT2D eigenvalue weighted by molar-refractivity contribution is -0.139. The van der Waals surface area contributed by atoms with Gasteiger partial charge in [-0.05, 0) is 35.7 Å². The summed E-state index contributed by atoms with van der Waals surface area (Å²) in [4.78, 5) is 49.3. The molecule has 0 saturated carbocycles. The van der Waals surface area contributed by atoms with Gasteiger partial charge >= 0.3 is 5.97 Å². The second-order valence-corrected chi connectivity index (χ2v) is 8.72. The van der Waals surface area contributed by atoms with Gasteiger partial charge in [-0.3, -0.25) is 9.59 Å². The molecule has 178 valence electrons. The Morgan fingerprint density at radius 1 is 1.14 bits per heavy atom. The number of rotatable bonds is 7. The van der Waals surface area contributed by atoms with Crippen LogP contribution in [0.4, 0.5) is 0 Å². The van der Waals surface area contributed by atoms with Gasteiger partial charge in [-0.15, -0.1) is 0 Å². The first-order valence-electron chi connectivity index (χ1n) is 11.4. The highest BCUT2D eigenvalue weighted by Gasteiger charge is 2.26. The zero-order valence-corrected chi connectivity index (χ0v) is 19.0. The summed E-state index contributed by atoms with van der Waals surface area (Å²) in [7, 11) is 0. The number of fused-ring (bicyclic) bond motifs is 3. The molecule has 0 fully saturated rings. The number of H-pyrrole nitrogens is 2. The van der Waals surface area contributed by atoms with Crippen LogP contribution in [-0.4, -0.2) is 55.3 Å². The van der Waals surface area contributed by atoms with E-state index in [0.717, 1.165) is 27.7 Å². The van der Waals surface area contributed by atoms with Crippen LogP contribution in [0.25, 0.3) is 10.9 Å². The number of aliphatic carboxylic acids is 1. The minimum atomic E-state index is -1.12. The first kappa shape index (κ1) is 22.4. The highest BCUT2D eigenvalue weighted by Crippen LogP contribution is 2.29. The molecule has 4 aromatic rings.